The largest absolute Gasteiger partial charge is 0.496 e. The molecule has 0 aliphatic heterocycles. The number of hydrogen-bond donors (Lipinski definition) is 1. The number of rotatable bonds is 4. The highest BCUT2D eigenvalue weighted by Crippen LogP contribution is 2.24. The number of methoxy groups -OCH3 is 2. The summed E-state index contributed by atoms with van der Waals surface area (Å²) < 4.78 is 13.4. The highest BCUT2D eigenvalue weighted by Gasteiger charge is 2.17. The number of hydrogen-bond acceptors (Lipinski definition) is 7. The lowest BCUT2D eigenvalue weighted by Gasteiger charge is -2.07. The summed E-state index contributed by atoms with van der Waals surface area (Å²) >= 11 is 6.73. The van der Waals surface area contributed by atoms with E-state index in [9.17, 15) is 9.59 Å². The number of ether oxygens (including phenoxy) is 2. The minimum Gasteiger partial charge on any atom is -0.496 e. The summed E-state index contributed by atoms with van der Waals surface area (Å²) in [5.41, 5.74) is 0.250. The number of anilines is 1. The maximum atomic E-state index is 12.2. The van der Waals surface area contributed by atoms with Crippen molar-refractivity contribution in [1.29, 1.82) is 0 Å². The molecular weight excluding hydrogens is 318 g/mol. The van der Waals surface area contributed by atoms with E-state index >= 15 is 0 Å². The Balaban J connectivity index is 2.20. The average Bonchev–Trinajstić information content (AvgIpc) is 2.94. The SMILES string of the molecule is COC(=O)c1nsc(NC(=O)c2cc(Cl)ccc2OC)n1. The topological polar surface area (TPSA) is 90.4 Å². The Bertz CT molecular complexity index is 689. The molecule has 0 aliphatic carbocycles. The van der Waals surface area contributed by atoms with Gasteiger partial charge in [-0.3, -0.25) is 10.1 Å². The molecule has 0 radical (unpaired) electrons. The van der Waals surface area contributed by atoms with Crippen molar-refractivity contribution in [3.05, 3.63) is 34.6 Å². The van der Waals surface area contributed by atoms with Gasteiger partial charge in [0.2, 0.25) is 5.13 Å². The second-order valence-corrected chi connectivity index (χ2v) is 4.90. The Morgan fingerprint density at radius 3 is 2.76 bits per heavy atom. The van der Waals surface area contributed by atoms with E-state index in [0.717, 1.165) is 11.5 Å². The molecule has 1 aromatic carbocycles. The van der Waals surface area contributed by atoms with Gasteiger partial charge >= 0.3 is 5.97 Å². The minimum atomic E-state index is -0.674. The summed E-state index contributed by atoms with van der Waals surface area (Å²) in [6, 6.07) is 4.66. The fraction of sp³-hybridized carbons (Fsp3) is 0.167. The molecule has 0 fully saturated rings. The van der Waals surface area contributed by atoms with Crippen molar-refractivity contribution in [3.8, 4) is 5.75 Å². The average molecular weight is 328 g/mol. The van der Waals surface area contributed by atoms with Crippen LogP contribution in [-0.4, -0.2) is 35.5 Å². The molecule has 0 saturated heterocycles. The lowest BCUT2D eigenvalue weighted by Crippen LogP contribution is -2.13. The van der Waals surface area contributed by atoms with Crippen LogP contribution < -0.4 is 10.1 Å². The van der Waals surface area contributed by atoms with Crippen LogP contribution in [0.3, 0.4) is 0 Å². The maximum absolute atomic E-state index is 12.2. The van der Waals surface area contributed by atoms with Crippen LogP contribution in [0.25, 0.3) is 0 Å². The Hall–Kier alpha value is -2.19. The zero-order valence-corrected chi connectivity index (χ0v) is 12.6. The number of aromatic nitrogens is 2. The smallest absolute Gasteiger partial charge is 0.377 e. The first kappa shape index (κ1) is 15.2. The maximum Gasteiger partial charge on any atom is 0.377 e. The zero-order chi connectivity index (χ0) is 15.4. The summed E-state index contributed by atoms with van der Waals surface area (Å²) in [4.78, 5) is 27.3. The van der Waals surface area contributed by atoms with Crippen molar-refractivity contribution in [1.82, 2.24) is 9.36 Å². The van der Waals surface area contributed by atoms with E-state index in [0.29, 0.717) is 10.8 Å². The molecule has 0 spiro atoms. The molecule has 0 aliphatic rings. The molecule has 2 rings (SSSR count). The Kier molecular flexibility index (Phi) is 4.71. The van der Waals surface area contributed by atoms with E-state index in [2.05, 4.69) is 19.4 Å². The van der Waals surface area contributed by atoms with E-state index < -0.39 is 11.9 Å². The molecule has 1 amide bonds. The first-order chi connectivity index (χ1) is 10.0. The second-order valence-electron chi connectivity index (χ2n) is 3.71. The number of halogens is 1. The summed E-state index contributed by atoms with van der Waals surface area (Å²) in [5.74, 6) is -0.889. The van der Waals surface area contributed by atoms with Crippen molar-refractivity contribution >= 4 is 40.1 Å². The monoisotopic (exact) mass is 327 g/mol. The first-order valence-electron chi connectivity index (χ1n) is 5.62. The van der Waals surface area contributed by atoms with Gasteiger partial charge < -0.3 is 9.47 Å². The van der Waals surface area contributed by atoms with Gasteiger partial charge in [0.05, 0.1) is 19.8 Å². The van der Waals surface area contributed by atoms with Gasteiger partial charge in [-0.05, 0) is 18.2 Å². The number of esters is 1. The highest BCUT2D eigenvalue weighted by atomic mass is 35.5. The predicted molar refractivity (Wildman–Crippen MR) is 77.2 cm³/mol. The molecule has 7 nitrogen and oxygen atoms in total. The van der Waals surface area contributed by atoms with Gasteiger partial charge in [-0.2, -0.15) is 9.36 Å². The minimum absolute atomic E-state index is 0.115. The van der Waals surface area contributed by atoms with Crippen LogP contribution in [-0.2, 0) is 4.74 Å². The standard InChI is InChI=1S/C12H10ClN3O4S/c1-19-8-4-3-6(13)5-7(8)10(17)15-12-14-9(16-21-12)11(18)20-2/h3-5H,1-2H3,(H,14,15,16,17). The summed E-state index contributed by atoms with van der Waals surface area (Å²) in [6.07, 6.45) is 0. The van der Waals surface area contributed by atoms with Gasteiger partial charge in [-0.25, -0.2) is 4.79 Å². The molecule has 0 atom stereocenters. The van der Waals surface area contributed by atoms with Crippen molar-refractivity contribution < 1.29 is 19.1 Å². The molecule has 21 heavy (non-hydrogen) atoms. The van der Waals surface area contributed by atoms with Gasteiger partial charge in [0.15, 0.2) is 0 Å². The molecule has 0 bridgehead atoms. The molecule has 1 N–H and O–H groups in total. The number of nitrogens with zero attached hydrogens (tertiary/aromatic N) is 2. The van der Waals surface area contributed by atoms with Gasteiger partial charge in [0, 0.05) is 16.6 Å². The van der Waals surface area contributed by atoms with Crippen LogP contribution in [0.15, 0.2) is 18.2 Å². The van der Waals surface area contributed by atoms with Crippen LogP contribution >= 0.6 is 23.1 Å². The number of nitrogens with one attached hydrogen (secondary N) is 1. The Labute approximate surface area is 129 Å². The normalized spacial score (nSPS) is 10.0. The van der Waals surface area contributed by atoms with E-state index in [1.807, 2.05) is 0 Å². The number of carbonyl (C=O) groups excluding carboxylic acids is 2. The van der Waals surface area contributed by atoms with E-state index in [-0.39, 0.29) is 16.5 Å². The lowest BCUT2D eigenvalue weighted by molar-refractivity contribution is 0.0588. The van der Waals surface area contributed by atoms with Crippen LogP contribution in [0.5, 0.6) is 5.75 Å². The first-order valence-corrected chi connectivity index (χ1v) is 6.77. The van der Waals surface area contributed by atoms with Gasteiger partial charge in [0.25, 0.3) is 11.7 Å². The third-order valence-corrected chi connectivity index (χ3v) is 3.29. The fourth-order valence-corrected chi connectivity index (χ4v) is 2.20. The molecule has 9 heteroatoms. The third-order valence-electron chi connectivity index (χ3n) is 2.42. The van der Waals surface area contributed by atoms with E-state index in [4.69, 9.17) is 16.3 Å². The summed E-state index contributed by atoms with van der Waals surface area (Å²) in [7, 11) is 2.67. The van der Waals surface area contributed by atoms with Gasteiger partial charge in [-0.1, -0.05) is 11.6 Å². The molecular formula is C12H10ClN3O4S. The molecule has 1 heterocycles. The third kappa shape index (κ3) is 3.47. The fourth-order valence-electron chi connectivity index (χ4n) is 1.47. The lowest BCUT2D eigenvalue weighted by atomic mass is 10.2. The summed E-state index contributed by atoms with van der Waals surface area (Å²) in [5, 5.41) is 3.08. The van der Waals surface area contributed by atoms with Crippen LogP contribution in [0.1, 0.15) is 21.0 Å². The van der Waals surface area contributed by atoms with Crippen molar-refractivity contribution in [3.63, 3.8) is 0 Å². The molecule has 2 aromatic rings. The summed E-state index contributed by atoms with van der Waals surface area (Å²) in [6.45, 7) is 0. The molecule has 0 saturated carbocycles. The number of amides is 1. The Morgan fingerprint density at radius 2 is 2.10 bits per heavy atom. The second kappa shape index (κ2) is 6.51. The van der Waals surface area contributed by atoms with Gasteiger partial charge in [0.1, 0.15) is 5.75 Å². The van der Waals surface area contributed by atoms with Crippen molar-refractivity contribution in [2.45, 2.75) is 0 Å². The highest BCUT2D eigenvalue weighted by molar-refractivity contribution is 7.10. The molecule has 1 aromatic heterocycles. The zero-order valence-electron chi connectivity index (χ0n) is 11.0. The van der Waals surface area contributed by atoms with Crippen LogP contribution in [0, 0.1) is 0 Å². The molecule has 110 valence electrons. The van der Waals surface area contributed by atoms with Crippen molar-refractivity contribution in [2.75, 3.05) is 19.5 Å². The number of carbonyl (C=O) groups is 2. The number of benzene rings is 1. The van der Waals surface area contributed by atoms with E-state index in [1.165, 1.54) is 20.3 Å². The quantitative estimate of drug-likeness (QED) is 0.866. The van der Waals surface area contributed by atoms with Crippen molar-refractivity contribution in [2.24, 2.45) is 0 Å². The Morgan fingerprint density at radius 1 is 1.33 bits per heavy atom. The predicted octanol–water partition coefficient (Wildman–Crippen LogP) is 2.24. The van der Waals surface area contributed by atoms with Crippen LogP contribution in [0.2, 0.25) is 5.02 Å². The van der Waals surface area contributed by atoms with E-state index in [1.54, 1.807) is 12.1 Å². The van der Waals surface area contributed by atoms with Crippen LogP contribution in [0.4, 0.5) is 5.13 Å². The van der Waals surface area contributed by atoms with Gasteiger partial charge in [-0.15, -0.1) is 0 Å². The molecule has 0 unspecified atom stereocenters.